The number of pyridine rings is 2. The lowest BCUT2D eigenvalue weighted by atomic mass is 10.2. The Morgan fingerprint density at radius 2 is 2.11 bits per heavy atom. The number of rotatable bonds is 3. The van der Waals surface area contributed by atoms with Crippen LogP contribution in [-0.4, -0.2) is 27.8 Å². The summed E-state index contributed by atoms with van der Waals surface area (Å²) in [7, 11) is 1.73. The molecule has 0 aliphatic heterocycles. The number of carbonyl (C=O) groups excluding carboxylic acids is 1. The second-order valence-electron chi connectivity index (χ2n) is 3.85. The number of nitrogens with zero attached hydrogens (tertiary/aromatic N) is 3. The zero-order chi connectivity index (χ0) is 13.0. The van der Waals surface area contributed by atoms with E-state index in [1.165, 1.54) is 6.20 Å². The van der Waals surface area contributed by atoms with Crippen LogP contribution in [0.25, 0.3) is 0 Å². The lowest BCUT2D eigenvalue weighted by molar-refractivity contribution is 0.0783. The van der Waals surface area contributed by atoms with Crippen LogP contribution in [0.1, 0.15) is 16.1 Å². The van der Waals surface area contributed by atoms with Gasteiger partial charge in [0.2, 0.25) is 0 Å². The first-order valence-corrected chi connectivity index (χ1v) is 5.81. The number of halogens is 1. The molecule has 2 heterocycles. The molecule has 1 amide bonds. The van der Waals surface area contributed by atoms with Gasteiger partial charge in [0, 0.05) is 19.4 Å². The van der Waals surface area contributed by atoms with Gasteiger partial charge >= 0.3 is 0 Å². The van der Waals surface area contributed by atoms with Crippen LogP contribution in [0.15, 0.2) is 42.7 Å². The van der Waals surface area contributed by atoms with Crippen molar-refractivity contribution in [3.05, 3.63) is 59.1 Å². The van der Waals surface area contributed by atoms with Gasteiger partial charge < -0.3 is 4.90 Å². The standard InChI is InChI=1S/C13H12ClN3O/c1-17(9-11-4-2-3-7-15-11)13(18)10-5-6-12(14)16-8-10/h2-8H,9H2,1H3. The van der Waals surface area contributed by atoms with Crippen LogP contribution < -0.4 is 0 Å². The van der Waals surface area contributed by atoms with Crippen LogP contribution in [0.2, 0.25) is 5.15 Å². The third-order valence-corrected chi connectivity index (χ3v) is 2.67. The van der Waals surface area contributed by atoms with E-state index in [1.807, 2.05) is 18.2 Å². The quantitative estimate of drug-likeness (QED) is 0.797. The maximum absolute atomic E-state index is 12.1. The molecule has 92 valence electrons. The van der Waals surface area contributed by atoms with E-state index in [0.29, 0.717) is 17.3 Å². The van der Waals surface area contributed by atoms with Crippen molar-refractivity contribution in [1.82, 2.24) is 14.9 Å². The molecule has 4 nitrogen and oxygen atoms in total. The van der Waals surface area contributed by atoms with Gasteiger partial charge in [-0.2, -0.15) is 0 Å². The van der Waals surface area contributed by atoms with Gasteiger partial charge in [-0.15, -0.1) is 0 Å². The minimum Gasteiger partial charge on any atom is -0.336 e. The van der Waals surface area contributed by atoms with Gasteiger partial charge in [-0.3, -0.25) is 9.78 Å². The van der Waals surface area contributed by atoms with E-state index in [9.17, 15) is 4.79 Å². The lowest BCUT2D eigenvalue weighted by Gasteiger charge is -2.16. The molecule has 0 saturated heterocycles. The van der Waals surface area contributed by atoms with Gasteiger partial charge in [-0.05, 0) is 24.3 Å². The Hall–Kier alpha value is -1.94. The first-order chi connectivity index (χ1) is 8.66. The number of hydrogen-bond donors (Lipinski definition) is 0. The largest absolute Gasteiger partial charge is 0.336 e. The van der Waals surface area contributed by atoms with Gasteiger partial charge in [0.1, 0.15) is 5.15 Å². The molecule has 0 fully saturated rings. The number of carbonyl (C=O) groups is 1. The van der Waals surface area contributed by atoms with Crippen molar-refractivity contribution < 1.29 is 4.79 Å². The summed E-state index contributed by atoms with van der Waals surface area (Å²) < 4.78 is 0. The highest BCUT2D eigenvalue weighted by Gasteiger charge is 2.12. The molecular weight excluding hydrogens is 250 g/mol. The molecule has 0 atom stereocenters. The van der Waals surface area contributed by atoms with Crippen molar-refractivity contribution in [2.45, 2.75) is 6.54 Å². The van der Waals surface area contributed by atoms with Gasteiger partial charge in [0.05, 0.1) is 17.8 Å². The van der Waals surface area contributed by atoms with E-state index in [2.05, 4.69) is 9.97 Å². The van der Waals surface area contributed by atoms with Crippen LogP contribution in [0, 0.1) is 0 Å². The predicted octanol–water partition coefficient (Wildman–Crippen LogP) is 2.40. The summed E-state index contributed by atoms with van der Waals surface area (Å²) in [6.07, 6.45) is 3.18. The highest BCUT2D eigenvalue weighted by Crippen LogP contribution is 2.09. The number of aromatic nitrogens is 2. The minimum absolute atomic E-state index is 0.107. The summed E-state index contributed by atoms with van der Waals surface area (Å²) in [5.41, 5.74) is 1.35. The summed E-state index contributed by atoms with van der Waals surface area (Å²) in [4.78, 5) is 21.7. The molecule has 0 bridgehead atoms. The highest BCUT2D eigenvalue weighted by molar-refractivity contribution is 6.29. The molecule has 0 spiro atoms. The molecule has 2 aromatic rings. The molecule has 0 aromatic carbocycles. The molecule has 0 unspecified atom stereocenters. The van der Waals surface area contributed by atoms with Crippen LogP contribution in [0.3, 0.4) is 0 Å². The Kier molecular flexibility index (Phi) is 3.89. The van der Waals surface area contributed by atoms with Crippen molar-refractivity contribution in [2.75, 3.05) is 7.05 Å². The van der Waals surface area contributed by atoms with E-state index in [-0.39, 0.29) is 5.91 Å². The molecular formula is C13H12ClN3O. The van der Waals surface area contributed by atoms with Crippen molar-refractivity contribution in [3.8, 4) is 0 Å². The average molecular weight is 262 g/mol. The van der Waals surface area contributed by atoms with E-state index in [4.69, 9.17) is 11.6 Å². The van der Waals surface area contributed by atoms with Crippen LogP contribution in [-0.2, 0) is 6.54 Å². The number of hydrogen-bond acceptors (Lipinski definition) is 3. The second-order valence-corrected chi connectivity index (χ2v) is 4.24. The maximum atomic E-state index is 12.1. The van der Waals surface area contributed by atoms with Crippen LogP contribution in [0.5, 0.6) is 0 Å². The molecule has 18 heavy (non-hydrogen) atoms. The maximum Gasteiger partial charge on any atom is 0.255 e. The average Bonchev–Trinajstić information content (AvgIpc) is 2.40. The fraction of sp³-hybridized carbons (Fsp3) is 0.154. The van der Waals surface area contributed by atoms with Crippen molar-refractivity contribution >= 4 is 17.5 Å². The molecule has 2 rings (SSSR count). The van der Waals surface area contributed by atoms with Crippen molar-refractivity contribution in [1.29, 1.82) is 0 Å². The van der Waals surface area contributed by atoms with Gasteiger partial charge in [0.15, 0.2) is 0 Å². The van der Waals surface area contributed by atoms with Gasteiger partial charge in [-0.1, -0.05) is 17.7 Å². The second kappa shape index (κ2) is 5.60. The fourth-order valence-corrected chi connectivity index (χ4v) is 1.64. The van der Waals surface area contributed by atoms with Crippen LogP contribution in [0.4, 0.5) is 0 Å². The Morgan fingerprint density at radius 1 is 1.28 bits per heavy atom. The SMILES string of the molecule is CN(Cc1ccccn1)C(=O)c1ccc(Cl)nc1. The third kappa shape index (κ3) is 3.05. The zero-order valence-electron chi connectivity index (χ0n) is 9.88. The van der Waals surface area contributed by atoms with E-state index in [0.717, 1.165) is 5.69 Å². The molecule has 2 aromatic heterocycles. The van der Waals surface area contributed by atoms with Gasteiger partial charge in [-0.25, -0.2) is 4.98 Å². The highest BCUT2D eigenvalue weighted by atomic mass is 35.5. The topological polar surface area (TPSA) is 46.1 Å². The number of amides is 1. The fourth-order valence-electron chi connectivity index (χ4n) is 1.53. The third-order valence-electron chi connectivity index (χ3n) is 2.45. The molecule has 0 radical (unpaired) electrons. The molecule has 0 aliphatic carbocycles. The zero-order valence-corrected chi connectivity index (χ0v) is 10.6. The van der Waals surface area contributed by atoms with E-state index < -0.39 is 0 Å². The predicted molar refractivity (Wildman–Crippen MR) is 69.3 cm³/mol. The minimum atomic E-state index is -0.107. The first kappa shape index (κ1) is 12.5. The summed E-state index contributed by atoms with van der Waals surface area (Å²) in [6.45, 7) is 0.461. The van der Waals surface area contributed by atoms with Gasteiger partial charge in [0.25, 0.3) is 5.91 Å². The molecule has 5 heteroatoms. The molecule has 0 N–H and O–H groups in total. The smallest absolute Gasteiger partial charge is 0.255 e. The first-order valence-electron chi connectivity index (χ1n) is 5.44. The van der Waals surface area contributed by atoms with Crippen LogP contribution >= 0.6 is 11.6 Å². The Labute approximate surface area is 110 Å². The summed E-state index contributed by atoms with van der Waals surface area (Å²) in [6, 6.07) is 8.87. The summed E-state index contributed by atoms with van der Waals surface area (Å²) in [5.74, 6) is -0.107. The van der Waals surface area contributed by atoms with Crippen molar-refractivity contribution in [3.63, 3.8) is 0 Å². The summed E-state index contributed by atoms with van der Waals surface area (Å²) >= 11 is 5.68. The normalized spacial score (nSPS) is 10.1. The molecule has 0 saturated carbocycles. The monoisotopic (exact) mass is 261 g/mol. The Balaban J connectivity index is 2.07. The Bertz CT molecular complexity index is 528. The van der Waals surface area contributed by atoms with Crippen molar-refractivity contribution in [2.24, 2.45) is 0 Å². The van der Waals surface area contributed by atoms with E-state index >= 15 is 0 Å². The lowest BCUT2D eigenvalue weighted by Crippen LogP contribution is -2.26. The summed E-state index contributed by atoms with van der Waals surface area (Å²) in [5, 5.41) is 0.374. The molecule has 0 aliphatic rings. The Morgan fingerprint density at radius 3 is 2.72 bits per heavy atom. The van der Waals surface area contributed by atoms with E-state index in [1.54, 1.807) is 30.3 Å².